The van der Waals surface area contributed by atoms with Crippen molar-refractivity contribution in [3.8, 4) is 0 Å². The molecule has 3 nitrogen and oxygen atoms in total. The smallest absolute Gasteiger partial charge is 0.124 e. The van der Waals surface area contributed by atoms with Crippen LogP contribution in [0.4, 0.5) is 0 Å². The van der Waals surface area contributed by atoms with E-state index < -0.39 is 0 Å². The van der Waals surface area contributed by atoms with E-state index in [0.29, 0.717) is 6.54 Å². The highest BCUT2D eigenvalue weighted by molar-refractivity contribution is 9.11. The van der Waals surface area contributed by atoms with Gasteiger partial charge < -0.3 is 10.5 Å². The van der Waals surface area contributed by atoms with Crippen molar-refractivity contribution in [3.63, 3.8) is 0 Å². The summed E-state index contributed by atoms with van der Waals surface area (Å²) in [6.45, 7) is 2.42. The van der Waals surface area contributed by atoms with E-state index >= 15 is 0 Å². The van der Waals surface area contributed by atoms with Crippen molar-refractivity contribution >= 4 is 27.3 Å². The van der Waals surface area contributed by atoms with Gasteiger partial charge >= 0.3 is 0 Å². The summed E-state index contributed by atoms with van der Waals surface area (Å²) in [7, 11) is 1.64. The predicted octanol–water partition coefficient (Wildman–Crippen LogP) is 1.86. The van der Waals surface area contributed by atoms with Gasteiger partial charge in [0, 0.05) is 13.7 Å². The van der Waals surface area contributed by atoms with Gasteiger partial charge in [-0.2, -0.15) is 0 Å². The zero-order chi connectivity index (χ0) is 9.14. The Bertz CT molecular complexity index is 240. The lowest BCUT2D eigenvalue weighted by atomic mass is 10.4. The Balaban J connectivity index is 2.86. The fourth-order valence-corrected chi connectivity index (χ4v) is 2.30. The van der Waals surface area contributed by atoms with Crippen LogP contribution < -0.4 is 5.73 Å². The van der Waals surface area contributed by atoms with Gasteiger partial charge in [-0.15, -0.1) is 11.3 Å². The molecule has 0 radical (unpaired) electrons. The summed E-state index contributed by atoms with van der Waals surface area (Å²) in [6, 6.07) is 0. The average molecular weight is 251 g/mol. The largest absolute Gasteiger partial charge is 0.373 e. The van der Waals surface area contributed by atoms with Gasteiger partial charge in [0.1, 0.15) is 11.1 Å². The Morgan fingerprint density at radius 2 is 2.42 bits per heavy atom. The lowest BCUT2D eigenvalue weighted by Crippen LogP contribution is -2.13. The van der Waals surface area contributed by atoms with Gasteiger partial charge in [0.2, 0.25) is 0 Å². The Morgan fingerprint density at radius 1 is 1.75 bits per heavy atom. The minimum atomic E-state index is -0.0694. The molecule has 0 fully saturated rings. The molecule has 12 heavy (non-hydrogen) atoms. The zero-order valence-electron chi connectivity index (χ0n) is 7.00. The normalized spacial score (nSPS) is 13.3. The minimum Gasteiger partial charge on any atom is -0.373 e. The molecule has 1 aromatic rings. The number of halogens is 1. The van der Waals surface area contributed by atoms with Crippen LogP contribution in [0.5, 0.6) is 0 Å². The van der Waals surface area contributed by atoms with Gasteiger partial charge in [0.25, 0.3) is 0 Å². The standard InChI is InChI=1S/C7H11BrN2OS/c1-4-6(8)12-7(10-4)5(3-9)11-2/h5H,3,9H2,1-2H3. The molecule has 1 atom stereocenters. The molecule has 0 bridgehead atoms. The Labute approximate surface area is 84.1 Å². The molecule has 1 unspecified atom stereocenters. The average Bonchev–Trinajstić information content (AvgIpc) is 2.35. The molecule has 0 aliphatic carbocycles. The first-order valence-corrected chi connectivity index (χ1v) is 5.15. The summed E-state index contributed by atoms with van der Waals surface area (Å²) in [6.07, 6.45) is -0.0694. The van der Waals surface area contributed by atoms with Crippen LogP contribution in [-0.2, 0) is 4.74 Å². The molecule has 0 aromatic carbocycles. The molecular formula is C7H11BrN2OS. The van der Waals surface area contributed by atoms with Crippen molar-refractivity contribution in [3.05, 3.63) is 14.5 Å². The quantitative estimate of drug-likeness (QED) is 0.891. The monoisotopic (exact) mass is 250 g/mol. The molecule has 0 spiro atoms. The van der Waals surface area contributed by atoms with Gasteiger partial charge in [0.15, 0.2) is 0 Å². The topological polar surface area (TPSA) is 48.1 Å². The second kappa shape index (κ2) is 4.32. The highest BCUT2D eigenvalue weighted by Crippen LogP contribution is 2.28. The lowest BCUT2D eigenvalue weighted by Gasteiger charge is -2.07. The molecule has 0 amide bonds. The highest BCUT2D eigenvalue weighted by atomic mass is 79.9. The van der Waals surface area contributed by atoms with Crippen molar-refractivity contribution in [1.82, 2.24) is 4.98 Å². The fourth-order valence-electron chi connectivity index (χ4n) is 0.833. The SMILES string of the molecule is COC(CN)c1nc(C)c(Br)s1. The maximum Gasteiger partial charge on any atom is 0.124 e. The molecule has 2 N–H and O–H groups in total. The van der Waals surface area contributed by atoms with E-state index in [2.05, 4.69) is 20.9 Å². The first kappa shape index (κ1) is 10.1. The number of hydrogen-bond donors (Lipinski definition) is 1. The van der Waals surface area contributed by atoms with Crippen LogP contribution in [0.2, 0.25) is 0 Å². The second-order valence-electron chi connectivity index (χ2n) is 2.37. The van der Waals surface area contributed by atoms with Crippen LogP contribution in [-0.4, -0.2) is 18.6 Å². The Morgan fingerprint density at radius 3 is 2.75 bits per heavy atom. The third-order valence-electron chi connectivity index (χ3n) is 1.53. The van der Waals surface area contributed by atoms with Crippen molar-refractivity contribution in [2.45, 2.75) is 13.0 Å². The van der Waals surface area contributed by atoms with Crippen molar-refractivity contribution in [2.75, 3.05) is 13.7 Å². The van der Waals surface area contributed by atoms with Gasteiger partial charge in [-0.25, -0.2) is 4.98 Å². The number of aromatic nitrogens is 1. The fraction of sp³-hybridized carbons (Fsp3) is 0.571. The van der Waals surface area contributed by atoms with E-state index in [-0.39, 0.29) is 6.10 Å². The maximum absolute atomic E-state index is 5.50. The molecule has 0 saturated heterocycles. The van der Waals surface area contributed by atoms with E-state index in [1.165, 1.54) is 0 Å². The van der Waals surface area contributed by atoms with Crippen LogP contribution in [0.25, 0.3) is 0 Å². The lowest BCUT2D eigenvalue weighted by molar-refractivity contribution is 0.110. The van der Waals surface area contributed by atoms with Gasteiger partial charge in [-0.05, 0) is 22.9 Å². The Hall–Kier alpha value is 0.0300. The van der Waals surface area contributed by atoms with Crippen molar-refractivity contribution in [1.29, 1.82) is 0 Å². The second-order valence-corrected chi connectivity index (χ2v) is 4.72. The molecule has 1 heterocycles. The van der Waals surface area contributed by atoms with Crippen LogP contribution in [0.1, 0.15) is 16.8 Å². The Kier molecular flexibility index (Phi) is 3.64. The molecule has 1 rings (SSSR count). The van der Waals surface area contributed by atoms with Gasteiger partial charge in [0.05, 0.1) is 9.48 Å². The summed E-state index contributed by atoms with van der Waals surface area (Å²) < 4.78 is 6.20. The van der Waals surface area contributed by atoms with Crippen LogP contribution >= 0.6 is 27.3 Å². The molecular weight excluding hydrogens is 240 g/mol. The predicted molar refractivity (Wildman–Crippen MR) is 53.4 cm³/mol. The number of nitrogens with two attached hydrogens (primary N) is 1. The van der Waals surface area contributed by atoms with E-state index in [9.17, 15) is 0 Å². The number of rotatable bonds is 3. The number of methoxy groups -OCH3 is 1. The molecule has 68 valence electrons. The highest BCUT2D eigenvalue weighted by Gasteiger charge is 2.14. The van der Waals surface area contributed by atoms with E-state index in [4.69, 9.17) is 10.5 Å². The van der Waals surface area contributed by atoms with Crippen molar-refractivity contribution in [2.24, 2.45) is 5.73 Å². The molecule has 5 heteroatoms. The van der Waals surface area contributed by atoms with Gasteiger partial charge in [-0.3, -0.25) is 0 Å². The molecule has 0 aliphatic rings. The number of thiazole rings is 1. The van der Waals surface area contributed by atoms with E-state index in [1.807, 2.05) is 6.92 Å². The van der Waals surface area contributed by atoms with Crippen LogP contribution in [0.3, 0.4) is 0 Å². The maximum atomic E-state index is 5.50. The summed E-state index contributed by atoms with van der Waals surface area (Å²) >= 11 is 4.97. The minimum absolute atomic E-state index is 0.0694. The van der Waals surface area contributed by atoms with E-state index in [0.717, 1.165) is 14.5 Å². The molecule has 0 aliphatic heterocycles. The number of nitrogens with zero attached hydrogens (tertiary/aromatic N) is 1. The zero-order valence-corrected chi connectivity index (χ0v) is 9.41. The summed E-state index contributed by atoms with van der Waals surface area (Å²) in [5.41, 5.74) is 6.49. The number of hydrogen-bond acceptors (Lipinski definition) is 4. The van der Waals surface area contributed by atoms with Crippen LogP contribution in [0.15, 0.2) is 3.79 Å². The third kappa shape index (κ3) is 2.04. The summed E-state index contributed by atoms with van der Waals surface area (Å²) in [4.78, 5) is 4.32. The van der Waals surface area contributed by atoms with Crippen LogP contribution in [0, 0.1) is 6.92 Å². The van der Waals surface area contributed by atoms with Crippen molar-refractivity contribution < 1.29 is 4.74 Å². The third-order valence-corrected chi connectivity index (χ3v) is 3.63. The van der Waals surface area contributed by atoms with Gasteiger partial charge in [-0.1, -0.05) is 0 Å². The number of aryl methyl sites for hydroxylation is 1. The number of ether oxygens (including phenoxy) is 1. The molecule has 0 saturated carbocycles. The van der Waals surface area contributed by atoms with E-state index in [1.54, 1.807) is 18.4 Å². The summed E-state index contributed by atoms with van der Waals surface area (Å²) in [5.74, 6) is 0. The first-order chi connectivity index (χ1) is 5.69. The molecule has 1 aromatic heterocycles. The summed E-state index contributed by atoms with van der Waals surface area (Å²) in [5, 5.41) is 0.935. The first-order valence-electron chi connectivity index (χ1n) is 3.54.